The Morgan fingerprint density at radius 2 is 1.67 bits per heavy atom. The number of hydrogen-bond donors (Lipinski definition) is 2. The number of anilines is 1. The Bertz CT molecular complexity index is 727. The van der Waals surface area contributed by atoms with Crippen LogP contribution in [0.4, 0.5) is 5.69 Å². The van der Waals surface area contributed by atoms with Gasteiger partial charge < -0.3 is 10.6 Å². The fourth-order valence-electron chi connectivity index (χ4n) is 2.14. The fraction of sp³-hybridized carbons (Fsp3) is 0.222. The van der Waals surface area contributed by atoms with Gasteiger partial charge in [-0.2, -0.15) is 0 Å². The first kappa shape index (κ1) is 18.3. The molecule has 0 saturated heterocycles. The van der Waals surface area contributed by atoms with Crippen LogP contribution in [0, 0.1) is 0 Å². The van der Waals surface area contributed by atoms with Gasteiger partial charge in [0.2, 0.25) is 0 Å². The third kappa shape index (κ3) is 4.98. The fourth-order valence-corrected chi connectivity index (χ4v) is 2.67. The van der Waals surface area contributed by atoms with Crippen LogP contribution in [0.15, 0.2) is 42.5 Å². The van der Waals surface area contributed by atoms with Crippen LogP contribution in [0.2, 0.25) is 10.0 Å². The molecule has 2 amide bonds. The van der Waals surface area contributed by atoms with Crippen molar-refractivity contribution in [2.24, 2.45) is 0 Å². The molecular formula is C18H18Cl2N2O2. The van der Waals surface area contributed by atoms with Crippen LogP contribution in [0.1, 0.15) is 40.5 Å². The number of para-hydroxylation sites is 1. The normalized spacial score (nSPS) is 10.3. The van der Waals surface area contributed by atoms with Crippen LogP contribution in [0.3, 0.4) is 0 Å². The molecule has 4 nitrogen and oxygen atoms in total. The summed E-state index contributed by atoms with van der Waals surface area (Å²) in [6.45, 7) is 2.65. The van der Waals surface area contributed by atoms with Gasteiger partial charge in [-0.3, -0.25) is 9.59 Å². The van der Waals surface area contributed by atoms with Crippen LogP contribution in [0.5, 0.6) is 0 Å². The van der Waals surface area contributed by atoms with Gasteiger partial charge in [0.15, 0.2) is 0 Å². The van der Waals surface area contributed by atoms with E-state index >= 15 is 0 Å². The van der Waals surface area contributed by atoms with Crippen molar-refractivity contribution in [3.8, 4) is 0 Å². The van der Waals surface area contributed by atoms with Crippen molar-refractivity contribution in [3.63, 3.8) is 0 Å². The van der Waals surface area contributed by atoms with Gasteiger partial charge in [0, 0.05) is 22.2 Å². The Hall–Kier alpha value is -2.04. The molecule has 0 saturated carbocycles. The molecule has 2 aromatic carbocycles. The van der Waals surface area contributed by atoms with E-state index in [0.29, 0.717) is 33.4 Å². The number of amides is 2. The van der Waals surface area contributed by atoms with Gasteiger partial charge in [0.25, 0.3) is 11.8 Å². The predicted molar refractivity (Wildman–Crippen MR) is 98.1 cm³/mol. The number of halogens is 2. The lowest BCUT2D eigenvalue weighted by Crippen LogP contribution is -2.26. The molecule has 126 valence electrons. The summed E-state index contributed by atoms with van der Waals surface area (Å²) in [5, 5.41) is 6.32. The summed E-state index contributed by atoms with van der Waals surface area (Å²) in [6, 6.07) is 11.4. The van der Waals surface area contributed by atoms with Crippen LogP contribution in [-0.2, 0) is 0 Å². The maximum Gasteiger partial charge on any atom is 0.255 e. The quantitative estimate of drug-likeness (QED) is 0.724. The number of unbranched alkanes of at least 4 members (excludes halogenated alkanes) is 1. The molecule has 2 N–H and O–H groups in total. The van der Waals surface area contributed by atoms with Crippen LogP contribution >= 0.6 is 23.2 Å². The first-order valence-electron chi connectivity index (χ1n) is 7.66. The Morgan fingerprint density at radius 3 is 2.33 bits per heavy atom. The summed E-state index contributed by atoms with van der Waals surface area (Å²) in [4.78, 5) is 24.7. The molecule has 0 radical (unpaired) electrons. The highest BCUT2D eigenvalue weighted by molar-refractivity contribution is 6.35. The molecule has 0 aliphatic carbocycles. The second-order valence-electron chi connectivity index (χ2n) is 5.27. The first-order chi connectivity index (χ1) is 11.5. The van der Waals surface area contributed by atoms with Crippen molar-refractivity contribution < 1.29 is 9.59 Å². The molecule has 0 heterocycles. The van der Waals surface area contributed by atoms with Crippen molar-refractivity contribution in [1.29, 1.82) is 0 Å². The van der Waals surface area contributed by atoms with Crippen LogP contribution in [0.25, 0.3) is 0 Å². The van der Waals surface area contributed by atoms with Gasteiger partial charge in [-0.15, -0.1) is 0 Å². The third-order valence-electron chi connectivity index (χ3n) is 3.36. The van der Waals surface area contributed by atoms with Gasteiger partial charge in [0.05, 0.1) is 11.3 Å². The summed E-state index contributed by atoms with van der Waals surface area (Å²) in [7, 11) is 0. The number of rotatable bonds is 6. The SMILES string of the molecule is CCCCNC(=O)c1ccccc1NC(=O)c1cc(Cl)cc(Cl)c1. The minimum Gasteiger partial charge on any atom is -0.352 e. The standard InChI is InChI=1S/C18H18Cl2N2O2/c1-2-3-8-21-18(24)15-6-4-5-7-16(15)22-17(23)12-9-13(19)11-14(20)10-12/h4-7,9-11H,2-3,8H2,1H3,(H,21,24)(H,22,23). The summed E-state index contributed by atoms with van der Waals surface area (Å²) in [5.41, 5.74) is 1.18. The number of carbonyl (C=O) groups is 2. The van der Waals surface area contributed by atoms with E-state index in [9.17, 15) is 9.59 Å². The molecule has 6 heteroatoms. The monoisotopic (exact) mass is 364 g/mol. The summed E-state index contributed by atoms with van der Waals surface area (Å²) in [6.07, 6.45) is 1.90. The zero-order valence-corrected chi connectivity index (χ0v) is 14.7. The highest BCUT2D eigenvalue weighted by atomic mass is 35.5. The van der Waals surface area contributed by atoms with Gasteiger partial charge in [-0.25, -0.2) is 0 Å². The molecule has 0 aromatic heterocycles. The smallest absolute Gasteiger partial charge is 0.255 e. The number of benzene rings is 2. The lowest BCUT2D eigenvalue weighted by Gasteiger charge is -2.11. The molecule has 0 unspecified atom stereocenters. The van der Waals surface area contributed by atoms with Crippen molar-refractivity contribution in [1.82, 2.24) is 5.32 Å². The van der Waals surface area contributed by atoms with Gasteiger partial charge >= 0.3 is 0 Å². The molecule has 0 atom stereocenters. The summed E-state index contributed by atoms with van der Waals surface area (Å²) in [5.74, 6) is -0.600. The summed E-state index contributed by atoms with van der Waals surface area (Å²) < 4.78 is 0. The van der Waals surface area contributed by atoms with E-state index in [1.165, 1.54) is 12.1 Å². The average Bonchev–Trinajstić information content (AvgIpc) is 2.54. The molecule has 0 bridgehead atoms. The Morgan fingerprint density at radius 1 is 1.00 bits per heavy atom. The Labute approximate surface area is 151 Å². The van der Waals surface area contributed by atoms with E-state index in [-0.39, 0.29) is 11.8 Å². The number of hydrogen-bond acceptors (Lipinski definition) is 2. The Kier molecular flexibility index (Phi) is 6.64. The van der Waals surface area contributed by atoms with E-state index < -0.39 is 0 Å². The molecular weight excluding hydrogens is 347 g/mol. The lowest BCUT2D eigenvalue weighted by molar-refractivity contribution is 0.0954. The highest BCUT2D eigenvalue weighted by Gasteiger charge is 2.14. The van der Waals surface area contributed by atoms with Crippen molar-refractivity contribution in [2.75, 3.05) is 11.9 Å². The summed E-state index contributed by atoms with van der Waals surface area (Å²) >= 11 is 11.8. The topological polar surface area (TPSA) is 58.2 Å². The van der Waals surface area contributed by atoms with E-state index in [0.717, 1.165) is 12.8 Å². The number of nitrogens with one attached hydrogen (secondary N) is 2. The molecule has 24 heavy (non-hydrogen) atoms. The van der Waals surface area contributed by atoms with Crippen molar-refractivity contribution in [3.05, 3.63) is 63.6 Å². The van der Waals surface area contributed by atoms with E-state index in [1.807, 2.05) is 0 Å². The average molecular weight is 365 g/mol. The van der Waals surface area contributed by atoms with Crippen LogP contribution in [-0.4, -0.2) is 18.4 Å². The van der Waals surface area contributed by atoms with Gasteiger partial charge in [-0.1, -0.05) is 48.7 Å². The predicted octanol–water partition coefficient (Wildman–Crippen LogP) is 4.78. The molecule has 2 aromatic rings. The molecule has 0 spiro atoms. The molecule has 0 aliphatic rings. The van der Waals surface area contributed by atoms with E-state index in [1.54, 1.807) is 30.3 Å². The van der Waals surface area contributed by atoms with E-state index in [2.05, 4.69) is 17.6 Å². The zero-order valence-electron chi connectivity index (χ0n) is 13.2. The first-order valence-corrected chi connectivity index (χ1v) is 8.41. The maximum atomic E-state index is 12.4. The van der Waals surface area contributed by atoms with Gasteiger partial charge in [-0.05, 0) is 36.8 Å². The minimum absolute atomic E-state index is 0.219. The lowest BCUT2D eigenvalue weighted by atomic mass is 10.1. The van der Waals surface area contributed by atoms with Gasteiger partial charge in [0.1, 0.15) is 0 Å². The highest BCUT2D eigenvalue weighted by Crippen LogP contribution is 2.21. The third-order valence-corrected chi connectivity index (χ3v) is 3.80. The van der Waals surface area contributed by atoms with Crippen molar-refractivity contribution >= 4 is 40.7 Å². The second-order valence-corrected chi connectivity index (χ2v) is 6.14. The largest absolute Gasteiger partial charge is 0.352 e. The molecule has 0 aliphatic heterocycles. The van der Waals surface area contributed by atoms with Crippen molar-refractivity contribution in [2.45, 2.75) is 19.8 Å². The zero-order chi connectivity index (χ0) is 17.5. The minimum atomic E-state index is -0.381. The van der Waals surface area contributed by atoms with E-state index in [4.69, 9.17) is 23.2 Å². The number of carbonyl (C=O) groups excluding carboxylic acids is 2. The van der Waals surface area contributed by atoms with Crippen LogP contribution < -0.4 is 10.6 Å². The maximum absolute atomic E-state index is 12.4. The Balaban J connectivity index is 2.17. The molecule has 0 fully saturated rings. The molecule has 2 rings (SSSR count). The second kappa shape index (κ2) is 8.71.